The van der Waals surface area contributed by atoms with E-state index in [1.54, 1.807) is 6.92 Å². The van der Waals surface area contributed by atoms with Gasteiger partial charge in [0.05, 0.1) is 11.9 Å². The standard InChI is InChI=1S/C8H19NO3S/c1-4-13(10,11)9-6-5-7-12-8(2)3/h8-9H,4-7H2,1-3H3. The van der Waals surface area contributed by atoms with Crippen LogP contribution < -0.4 is 4.72 Å². The Labute approximate surface area is 80.7 Å². The van der Waals surface area contributed by atoms with Crippen molar-refractivity contribution in [3.05, 3.63) is 0 Å². The zero-order chi connectivity index (χ0) is 10.3. The summed E-state index contributed by atoms with van der Waals surface area (Å²) in [4.78, 5) is 0. The molecule has 0 aliphatic carbocycles. The van der Waals surface area contributed by atoms with Gasteiger partial charge in [-0.3, -0.25) is 0 Å². The molecule has 0 bridgehead atoms. The first-order valence-corrected chi connectivity index (χ1v) is 6.22. The third-order valence-corrected chi connectivity index (χ3v) is 2.88. The molecule has 0 atom stereocenters. The van der Waals surface area contributed by atoms with E-state index < -0.39 is 10.0 Å². The second-order valence-corrected chi connectivity index (χ2v) is 5.17. The summed E-state index contributed by atoms with van der Waals surface area (Å²) in [5.74, 6) is 0.137. The molecule has 80 valence electrons. The van der Waals surface area contributed by atoms with Crippen LogP contribution in [-0.2, 0) is 14.8 Å². The highest BCUT2D eigenvalue weighted by molar-refractivity contribution is 7.89. The quantitative estimate of drug-likeness (QED) is 0.629. The molecular formula is C8H19NO3S. The molecule has 0 aliphatic heterocycles. The van der Waals surface area contributed by atoms with Gasteiger partial charge in [0.2, 0.25) is 10.0 Å². The molecule has 0 fully saturated rings. The summed E-state index contributed by atoms with van der Waals surface area (Å²) < 4.78 is 29.6. The van der Waals surface area contributed by atoms with Gasteiger partial charge in [-0.2, -0.15) is 0 Å². The highest BCUT2D eigenvalue weighted by atomic mass is 32.2. The smallest absolute Gasteiger partial charge is 0.211 e. The van der Waals surface area contributed by atoms with Gasteiger partial charge in [-0.05, 0) is 27.2 Å². The van der Waals surface area contributed by atoms with E-state index in [4.69, 9.17) is 4.74 Å². The Kier molecular flexibility index (Phi) is 6.28. The molecule has 0 saturated carbocycles. The lowest BCUT2D eigenvalue weighted by atomic mass is 10.4. The lowest BCUT2D eigenvalue weighted by molar-refractivity contribution is 0.0778. The fraction of sp³-hybridized carbons (Fsp3) is 1.00. The van der Waals surface area contributed by atoms with E-state index in [0.29, 0.717) is 13.2 Å². The number of sulfonamides is 1. The monoisotopic (exact) mass is 209 g/mol. The van der Waals surface area contributed by atoms with E-state index in [2.05, 4.69) is 4.72 Å². The zero-order valence-electron chi connectivity index (χ0n) is 8.54. The molecule has 13 heavy (non-hydrogen) atoms. The van der Waals surface area contributed by atoms with Crippen LogP contribution in [0.25, 0.3) is 0 Å². The summed E-state index contributed by atoms with van der Waals surface area (Å²) in [6.07, 6.45) is 0.931. The van der Waals surface area contributed by atoms with Crippen molar-refractivity contribution in [3.63, 3.8) is 0 Å². The largest absolute Gasteiger partial charge is 0.379 e. The Morgan fingerprint density at radius 2 is 2.00 bits per heavy atom. The number of nitrogens with one attached hydrogen (secondary N) is 1. The average Bonchev–Trinajstić information content (AvgIpc) is 2.03. The predicted molar refractivity (Wildman–Crippen MR) is 53.2 cm³/mol. The topological polar surface area (TPSA) is 55.4 Å². The van der Waals surface area contributed by atoms with Gasteiger partial charge in [0, 0.05) is 13.2 Å². The summed E-state index contributed by atoms with van der Waals surface area (Å²) in [5, 5.41) is 0. The second kappa shape index (κ2) is 6.34. The third-order valence-electron chi connectivity index (χ3n) is 1.47. The molecule has 0 radical (unpaired) electrons. The molecule has 0 heterocycles. The van der Waals surface area contributed by atoms with Crippen LogP contribution in [-0.4, -0.2) is 33.4 Å². The number of hydrogen-bond acceptors (Lipinski definition) is 3. The van der Waals surface area contributed by atoms with Crippen LogP contribution in [0.3, 0.4) is 0 Å². The van der Waals surface area contributed by atoms with E-state index in [1.165, 1.54) is 0 Å². The van der Waals surface area contributed by atoms with E-state index in [1.807, 2.05) is 13.8 Å². The Bertz CT molecular complexity index is 211. The van der Waals surface area contributed by atoms with Crippen molar-refractivity contribution in [2.75, 3.05) is 18.9 Å². The van der Waals surface area contributed by atoms with Crippen LogP contribution in [0.5, 0.6) is 0 Å². The molecule has 0 amide bonds. The van der Waals surface area contributed by atoms with Gasteiger partial charge in [0.15, 0.2) is 0 Å². The molecule has 0 rings (SSSR count). The molecule has 0 unspecified atom stereocenters. The molecule has 0 spiro atoms. The van der Waals surface area contributed by atoms with Crippen LogP contribution >= 0.6 is 0 Å². The summed E-state index contributed by atoms with van der Waals surface area (Å²) in [6, 6.07) is 0. The van der Waals surface area contributed by atoms with E-state index >= 15 is 0 Å². The normalized spacial score (nSPS) is 12.3. The molecule has 0 aromatic carbocycles. The fourth-order valence-corrected chi connectivity index (χ4v) is 1.38. The second-order valence-electron chi connectivity index (χ2n) is 3.07. The highest BCUT2D eigenvalue weighted by Crippen LogP contribution is 1.90. The van der Waals surface area contributed by atoms with Gasteiger partial charge >= 0.3 is 0 Å². The molecule has 0 aromatic heterocycles. The maximum absolute atomic E-state index is 10.9. The lowest BCUT2D eigenvalue weighted by Crippen LogP contribution is -2.27. The van der Waals surface area contributed by atoms with Crippen molar-refractivity contribution in [2.24, 2.45) is 0 Å². The maximum Gasteiger partial charge on any atom is 0.211 e. The Hall–Kier alpha value is -0.130. The molecule has 4 nitrogen and oxygen atoms in total. The SMILES string of the molecule is CCS(=O)(=O)NCCCOC(C)C. The van der Waals surface area contributed by atoms with Gasteiger partial charge in [0.1, 0.15) is 0 Å². The number of rotatable bonds is 7. The van der Waals surface area contributed by atoms with Crippen molar-refractivity contribution in [3.8, 4) is 0 Å². The minimum Gasteiger partial charge on any atom is -0.379 e. The molecule has 0 aromatic rings. The summed E-state index contributed by atoms with van der Waals surface area (Å²) in [7, 11) is -3.03. The van der Waals surface area contributed by atoms with Gasteiger partial charge in [-0.1, -0.05) is 0 Å². The van der Waals surface area contributed by atoms with Crippen LogP contribution in [0.4, 0.5) is 0 Å². The van der Waals surface area contributed by atoms with Gasteiger partial charge in [0.25, 0.3) is 0 Å². The zero-order valence-corrected chi connectivity index (χ0v) is 9.36. The van der Waals surface area contributed by atoms with Crippen molar-refractivity contribution < 1.29 is 13.2 Å². The van der Waals surface area contributed by atoms with Crippen LogP contribution in [0.1, 0.15) is 27.2 Å². The predicted octanol–water partition coefficient (Wildman–Crippen LogP) is 0.741. The van der Waals surface area contributed by atoms with E-state index in [9.17, 15) is 8.42 Å². The van der Waals surface area contributed by atoms with Gasteiger partial charge in [-0.15, -0.1) is 0 Å². The van der Waals surface area contributed by atoms with Gasteiger partial charge < -0.3 is 4.74 Å². The first-order valence-electron chi connectivity index (χ1n) is 4.57. The minimum absolute atomic E-state index is 0.137. The maximum atomic E-state index is 10.9. The molecule has 0 aliphatic rings. The van der Waals surface area contributed by atoms with Crippen molar-refractivity contribution in [1.29, 1.82) is 0 Å². The summed E-state index contributed by atoms with van der Waals surface area (Å²) >= 11 is 0. The van der Waals surface area contributed by atoms with Crippen molar-refractivity contribution in [1.82, 2.24) is 4.72 Å². The highest BCUT2D eigenvalue weighted by Gasteiger charge is 2.04. The van der Waals surface area contributed by atoms with Crippen molar-refractivity contribution in [2.45, 2.75) is 33.3 Å². The van der Waals surface area contributed by atoms with Crippen LogP contribution in [0.15, 0.2) is 0 Å². The molecular weight excluding hydrogens is 190 g/mol. The van der Waals surface area contributed by atoms with Crippen LogP contribution in [0.2, 0.25) is 0 Å². The summed E-state index contributed by atoms with van der Waals surface area (Å²) in [6.45, 7) is 6.59. The minimum atomic E-state index is -3.03. The number of hydrogen-bond donors (Lipinski definition) is 1. The first kappa shape index (κ1) is 12.9. The Morgan fingerprint density at radius 3 is 2.46 bits per heavy atom. The van der Waals surface area contributed by atoms with Crippen LogP contribution in [0, 0.1) is 0 Å². The van der Waals surface area contributed by atoms with E-state index in [-0.39, 0.29) is 11.9 Å². The first-order chi connectivity index (χ1) is 5.98. The lowest BCUT2D eigenvalue weighted by Gasteiger charge is -2.07. The fourth-order valence-electron chi connectivity index (χ4n) is 0.721. The Morgan fingerprint density at radius 1 is 1.38 bits per heavy atom. The van der Waals surface area contributed by atoms with E-state index in [0.717, 1.165) is 6.42 Å². The third kappa shape index (κ3) is 8.21. The molecule has 5 heteroatoms. The average molecular weight is 209 g/mol. The Balaban J connectivity index is 3.37. The summed E-state index contributed by atoms with van der Waals surface area (Å²) in [5.41, 5.74) is 0. The molecule has 1 N–H and O–H groups in total. The molecule has 0 saturated heterocycles. The van der Waals surface area contributed by atoms with Gasteiger partial charge in [-0.25, -0.2) is 13.1 Å². The number of ether oxygens (including phenoxy) is 1. The van der Waals surface area contributed by atoms with Crippen molar-refractivity contribution >= 4 is 10.0 Å².